The molecule has 0 spiro atoms. The Hall–Kier alpha value is -3.45. The van der Waals surface area contributed by atoms with Gasteiger partial charge in [0.2, 0.25) is 0 Å². The molecule has 2 aromatic rings. The number of ketones is 1. The van der Waals surface area contributed by atoms with Crippen molar-refractivity contribution in [1.29, 1.82) is 0 Å². The number of halogens is 1. The smallest absolute Gasteiger partial charge is 0.273 e. The number of hydrogen-bond acceptors (Lipinski definition) is 5. The van der Waals surface area contributed by atoms with Crippen molar-refractivity contribution >= 4 is 35.1 Å². The van der Waals surface area contributed by atoms with Gasteiger partial charge in [-0.25, -0.2) is 5.01 Å². The van der Waals surface area contributed by atoms with E-state index in [0.29, 0.717) is 16.3 Å². The number of Topliss-reactive ketones (excluding diaryl/α,β-unsaturated/α-hetero) is 1. The summed E-state index contributed by atoms with van der Waals surface area (Å²) in [5.74, 6) is -2.26. The molecule has 1 aliphatic heterocycles. The highest BCUT2D eigenvalue weighted by Crippen LogP contribution is 2.52. The molecule has 3 aliphatic rings. The van der Waals surface area contributed by atoms with Gasteiger partial charge >= 0.3 is 0 Å². The zero-order chi connectivity index (χ0) is 23.3. The van der Waals surface area contributed by atoms with Gasteiger partial charge in [0, 0.05) is 16.1 Å². The third-order valence-corrected chi connectivity index (χ3v) is 6.97. The second-order valence-corrected chi connectivity index (χ2v) is 8.95. The van der Waals surface area contributed by atoms with Crippen molar-refractivity contribution < 1.29 is 23.9 Å². The van der Waals surface area contributed by atoms with E-state index in [0.717, 1.165) is 16.4 Å². The van der Waals surface area contributed by atoms with Crippen molar-refractivity contribution in [3.05, 3.63) is 76.8 Å². The Morgan fingerprint density at radius 3 is 2.03 bits per heavy atom. The van der Waals surface area contributed by atoms with Crippen molar-refractivity contribution in [2.24, 2.45) is 23.7 Å². The van der Waals surface area contributed by atoms with Gasteiger partial charge in [-0.2, -0.15) is 5.01 Å². The zero-order valence-electron chi connectivity index (χ0n) is 17.8. The van der Waals surface area contributed by atoms with Gasteiger partial charge in [-0.05, 0) is 66.8 Å². The number of fused-ring (bicyclic) bond motifs is 5. The van der Waals surface area contributed by atoms with Crippen LogP contribution in [0.2, 0.25) is 5.02 Å². The van der Waals surface area contributed by atoms with E-state index in [1.165, 1.54) is 19.2 Å². The Morgan fingerprint density at radius 2 is 1.48 bits per heavy atom. The van der Waals surface area contributed by atoms with Crippen molar-refractivity contribution in [2.45, 2.75) is 6.42 Å². The van der Waals surface area contributed by atoms with Crippen molar-refractivity contribution in [3.63, 3.8) is 0 Å². The van der Waals surface area contributed by atoms with Gasteiger partial charge < -0.3 is 4.74 Å². The summed E-state index contributed by atoms with van der Waals surface area (Å²) in [6.07, 6.45) is 4.74. The molecule has 1 saturated carbocycles. The van der Waals surface area contributed by atoms with E-state index in [1.54, 1.807) is 36.4 Å². The summed E-state index contributed by atoms with van der Waals surface area (Å²) in [5.41, 5.74) is 0.561. The van der Waals surface area contributed by atoms with Gasteiger partial charge in [-0.15, -0.1) is 0 Å². The highest BCUT2D eigenvalue weighted by molar-refractivity contribution is 6.30. The van der Waals surface area contributed by atoms with E-state index in [4.69, 9.17) is 16.3 Å². The summed E-state index contributed by atoms with van der Waals surface area (Å²) >= 11 is 5.95. The van der Waals surface area contributed by atoms with Crippen LogP contribution in [-0.2, 0) is 9.59 Å². The highest BCUT2D eigenvalue weighted by atomic mass is 35.5. The normalized spacial score (nSPS) is 24.8. The van der Waals surface area contributed by atoms with Crippen LogP contribution in [0.4, 0.5) is 0 Å². The van der Waals surface area contributed by atoms with Gasteiger partial charge in [-0.3, -0.25) is 19.2 Å². The Balaban J connectivity index is 1.48. The number of rotatable bonds is 6. The lowest BCUT2D eigenvalue weighted by Crippen LogP contribution is -2.52. The number of imide groups is 1. The molecule has 0 aromatic heterocycles. The van der Waals surface area contributed by atoms with Crippen LogP contribution in [0, 0.1) is 23.7 Å². The fraction of sp³-hybridized carbons (Fsp3) is 0.280. The largest absolute Gasteiger partial charge is 0.497 e. The number of carbonyl (C=O) groups is 4. The van der Waals surface area contributed by atoms with Gasteiger partial charge in [-0.1, -0.05) is 23.8 Å². The average molecular weight is 465 g/mol. The number of amides is 3. The SMILES string of the molecule is COc1ccc(C(=O)CN(C(=O)c2ccc(Cl)cc2)N2C(=O)[C@@H]3[C@@H](C2=O)[C@H]2C=C[C@H]3C2)cc1. The molecule has 8 heteroatoms. The summed E-state index contributed by atoms with van der Waals surface area (Å²) in [7, 11) is 1.52. The summed E-state index contributed by atoms with van der Waals surface area (Å²) in [4.78, 5) is 53.2. The summed E-state index contributed by atoms with van der Waals surface area (Å²) in [6, 6.07) is 12.5. The average Bonchev–Trinajstić information content (AvgIpc) is 3.51. The lowest BCUT2D eigenvalue weighted by atomic mass is 9.85. The first-order valence-electron chi connectivity index (χ1n) is 10.7. The number of nitrogens with zero attached hydrogens (tertiary/aromatic N) is 2. The Kier molecular flexibility index (Phi) is 5.29. The Labute approximate surface area is 195 Å². The van der Waals surface area contributed by atoms with Gasteiger partial charge in [0.05, 0.1) is 18.9 Å². The molecule has 1 saturated heterocycles. The Morgan fingerprint density at radius 1 is 0.939 bits per heavy atom. The first-order chi connectivity index (χ1) is 15.9. The topological polar surface area (TPSA) is 84.0 Å². The second kappa shape index (κ2) is 8.15. The van der Waals surface area contributed by atoms with Crippen LogP contribution in [0.15, 0.2) is 60.7 Å². The van der Waals surface area contributed by atoms with E-state index < -0.39 is 41.9 Å². The van der Waals surface area contributed by atoms with Crippen LogP contribution in [0.3, 0.4) is 0 Å². The molecule has 7 nitrogen and oxygen atoms in total. The molecule has 2 fully saturated rings. The number of benzene rings is 2. The van der Waals surface area contributed by atoms with Crippen molar-refractivity contribution in [1.82, 2.24) is 10.0 Å². The van der Waals surface area contributed by atoms with Gasteiger partial charge in [0.25, 0.3) is 17.7 Å². The van der Waals surface area contributed by atoms with Crippen LogP contribution in [0.5, 0.6) is 5.75 Å². The van der Waals surface area contributed by atoms with E-state index >= 15 is 0 Å². The van der Waals surface area contributed by atoms with Crippen LogP contribution in [-0.4, -0.2) is 47.2 Å². The summed E-state index contributed by atoms with van der Waals surface area (Å²) < 4.78 is 5.12. The number of allylic oxidation sites excluding steroid dienone is 2. The molecular weight excluding hydrogens is 444 g/mol. The molecule has 0 N–H and O–H groups in total. The minimum atomic E-state index is -0.615. The molecule has 3 amide bonds. The molecule has 2 aromatic carbocycles. The lowest BCUT2D eigenvalue weighted by molar-refractivity contribution is -0.154. The molecule has 5 rings (SSSR count). The predicted octanol–water partition coefficient (Wildman–Crippen LogP) is 3.40. The van der Waals surface area contributed by atoms with E-state index in [2.05, 4.69) is 0 Å². The fourth-order valence-electron chi connectivity index (χ4n) is 5.10. The van der Waals surface area contributed by atoms with Crippen molar-refractivity contribution in [2.75, 3.05) is 13.7 Å². The maximum Gasteiger partial charge on any atom is 0.273 e. The highest BCUT2D eigenvalue weighted by Gasteiger charge is 2.61. The summed E-state index contributed by atoms with van der Waals surface area (Å²) in [5, 5.41) is 2.33. The number of carbonyl (C=O) groups excluding carboxylic acids is 4. The first-order valence-corrected chi connectivity index (χ1v) is 11.1. The monoisotopic (exact) mass is 464 g/mol. The molecule has 1 heterocycles. The molecule has 33 heavy (non-hydrogen) atoms. The molecule has 4 atom stereocenters. The van der Waals surface area contributed by atoms with Crippen LogP contribution in [0.25, 0.3) is 0 Å². The molecule has 0 radical (unpaired) electrons. The molecule has 0 unspecified atom stereocenters. The van der Waals surface area contributed by atoms with Gasteiger partial charge in [0.1, 0.15) is 12.3 Å². The number of hydrazine groups is 1. The van der Waals surface area contributed by atoms with Gasteiger partial charge in [0.15, 0.2) is 5.78 Å². The molecule has 2 aliphatic carbocycles. The second-order valence-electron chi connectivity index (χ2n) is 8.51. The third kappa shape index (κ3) is 3.53. The summed E-state index contributed by atoms with van der Waals surface area (Å²) in [6.45, 7) is -0.451. The van der Waals surface area contributed by atoms with Crippen LogP contribution < -0.4 is 4.74 Å². The third-order valence-electron chi connectivity index (χ3n) is 6.72. The lowest BCUT2D eigenvalue weighted by Gasteiger charge is -2.30. The van der Waals surface area contributed by atoms with E-state index in [-0.39, 0.29) is 17.4 Å². The zero-order valence-corrected chi connectivity index (χ0v) is 18.6. The van der Waals surface area contributed by atoms with E-state index in [1.807, 2.05) is 12.2 Å². The number of hydrogen-bond donors (Lipinski definition) is 0. The predicted molar refractivity (Wildman–Crippen MR) is 119 cm³/mol. The molecule has 2 bridgehead atoms. The molecule has 168 valence electrons. The Bertz CT molecular complexity index is 1140. The number of methoxy groups -OCH3 is 1. The first kappa shape index (κ1) is 21.4. The van der Waals surface area contributed by atoms with E-state index in [9.17, 15) is 19.2 Å². The van der Waals surface area contributed by atoms with Crippen LogP contribution >= 0.6 is 11.6 Å². The van der Waals surface area contributed by atoms with Crippen LogP contribution in [0.1, 0.15) is 27.1 Å². The maximum absolute atomic E-state index is 13.4. The minimum absolute atomic E-state index is 0.00813. The van der Waals surface area contributed by atoms with Crippen molar-refractivity contribution in [3.8, 4) is 5.75 Å². The fourth-order valence-corrected chi connectivity index (χ4v) is 5.23. The minimum Gasteiger partial charge on any atom is -0.497 e. The maximum atomic E-state index is 13.4. The number of ether oxygens (including phenoxy) is 1. The molecular formula is C25H21ClN2O5. The quantitative estimate of drug-likeness (QED) is 0.371. The standard InChI is InChI=1S/C25H21ClN2O5/c1-33-19-10-6-14(7-11-19)20(29)13-27(23(30)15-4-8-18(26)9-5-15)28-24(31)21-16-2-3-17(12-16)22(21)25(28)32/h2-11,16-17,21-22H,12-13H2,1H3/t16-,17-,21-,22-/m0/s1.